The van der Waals surface area contributed by atoms with Gasteiger partial charge in [0.15, 0.2) is 0 Å². The first kappa shape index (κ1) is 24.7. The fourth-order valence-corrected chi connectivity index (χ4v) is 6.54. The summed E-state index contributed by atoms with van der Waals surface area (Å²) < 4.78 is 4.80. The van der Waals surface area contributed by atoms with Gasteiger partial charge in [-0.2, -0.15) is 0 Å². The van der Waals surface area contributed by atoms with Crippen molar-refractivity contribution in [2.75, 3.05) is 0 Å². The van der Waals surface area contributed by atoms with Crippen LogP contribution >= 0.6 is 0 Å². The smallest absolute Gasteiger partial charge is 0.0541 e. The summed E-state index contributed by atoms with van der Waals surface area (Å²) in [7, 11) is 0. The number of hydrogen-bond donors (Lipinski definition) is 0. The van der Waals surface area contributed by atoms with Crippen molar-refractivity contribution in [2.24, 2.45) is 0 Å². The van der Waals surface area contributed by atoms with Crippen LogP contribution in [-0.2, 0) is 5.41 Å². The summed E-state index contributed by atoms with van der Waals surface area (Å²) in [5.74, 6) is 0. The molecule has 0 unspecified atom stereocenters. The molecular weight excluding hydrogens is 508 g/mol. The molecule has 8 rings (SSSR count). The lowest BCUT2D eigenvalue weighted by Gasteiger charge is -2.22. The minimum atomic E-state index is 0.00638. The van der Waals surface area contributed by atoms with Crippen LogP contribution in [-0.4, -0.2) is 9.13 Å². The Morgan fingerprint density at radius 3 is 1.21 bits per heavy atom. The first-order valence-corrected chi connectivity index (χ1v) is 14.7. The van der Waals surface area contributed by atoms with Gasteiger partial charge in [0.05, 0.1) is 22.1 Å². The van der Waals surface area contributed by atoms with Crippen LogP contribution in [0.4, 0.5) is 0 Å². The Hall–Kier alpha value is -5.08. The molecule has 0 spiro atoms. The quantitative estimate of drug-likeness (QED) is 0.211. The molecule has 0 aliphatic rings. The Morgan fingerprint density at radius 1 is 0.381 bits per heavy atom. The SMILES string of the molecule is CC(C)(C)c1cc(-c2ccc(-n3c4ccccc4c4ccccc43)cc2)cc(-n2c3ccccc3c3ccccc32)c1. The highest BCUT2D eigenvalue weighted by Gasteiger charge is 2.19. The molecule has 2 heterocycles. The zero-order chi connectivity index (χ0) is 28.4. The number of nitrogens with zero attached hydrogens (tertiary/aromatic N) is 2. The lowest BCUT2D eigenvalue weighted by atomic mass is 9.85. The van der Waals surface area contributed by atoms with Crippen LogP contribution in [0.15, 0.2) is 140 Å². The van der Waals surface area contributed by atoms with Gasteiger partial charge in [-0.15, -0.1) is 0 Å². The largest absolute Gasteiger partial charge is 0.309 e. The maximum atomic E-state index is 2.43. The number of fused-ring (bicyclic) bond motifs is 6. The van der Waals surface area contributed by atoms with Gasteiger partial charge in [0.25, 0.3) is 0 Å². The van der Waals surface area contributed by atoms with Gasteiger partial charge in [-0.25, -0.2) is 0 Å². The maximum Gasteiger partial charge on any atom is 0.0541 e. The molecule has 0 saturated carbocycles. The second kappa shape index (κ2) is 9.22. The molecule has 42 heavy (non-hydrogen) atoms. The van der Waals surface area contributed by atoms with Gasteiger partial charge in [0.1, 0.15) is 0 Å². The summed E-state index contributed by atoms with van der Waals surface area (Å²) in [4.78, 5) is 0. The molecule has 202 valence electrons. The number of para-hydroxylation sites is 4. The monoisotopic (exact) mass is 540 g/mol. The van der Waals surface area contributed by atoms with E-state index in [0.717, 1.165) is 0 Å². The van der Waals surface area contributed by atoms with Crippen LogP contribution in [0.1, 0.15) is 26.3 Å². The molecule has 0 amide bonds. The van der Waals surface area contributed by atoms with Crippen LogP contribution in [0, 0.1) is 0 Å². The molecule has 0 aliphatic heterocycles. The third kappa shape index (κ3) is 3.79. The van der Waals surface area contributed by atoms with E-state index >= 15 is 0 Å². The second-order valence-electron chi connectivity index (χ2n) is 12.3. The topological polar surface area (TPSA) is 9.86 Å². The molecule has 2 nitrogen and oxygen atoms in total. The van der Waals surface area contributed by atoms with Crippen LogP contribution in [0.3, 0.4) is 0 Å². The number of hydrogen-bond acceptors (Lipinski definition) is 0. The fraction of sp³-hybridized carbons (Fsp3) is 0.100. The van der Waals surface area contributed by atoms with Gasteiger partial charge in [0.2, 0.25) is 0 Å². The van der Waals surface area contributed by atoms with E-state index in [4.69, 9.17) is 0 Å². The van der Waals surface area contributed by atoms with Gasteiger partial charge in [-0.05, 0) is 70.6 Å². The number of rotatable bonds is 3. The van der Waals surface area contributed by atoms with Gasteiger partial charge in [0, 0.05) is 32.9 Å². The third-order valence-corrected chi connectivity index (χ3v) is 8.66. The van der Waals surface area contributed by atoms with Gasteiger partial charge in [-0.3, -0.25) is 0 Å². The van der Waals surface area contributed by atoms with Crippen molar-refractivity contribution in [1.29, 1.82) is 0 Å². The van der Waals surface area contributed by atoms with Crippen LogP contribution < -0.4 is 0 Å². The Bertz CT molecular complexity index is 2160. The summed E-state index contributed by atoms with van der Waals surface area (Å²) in [6, 6.07) is 51.0. The van der Waals surface area contributed by atoms with Crippen LogP contribution in [0.2, 0.25) is 0 Å². The summed E-state index contributed by atoms with van der Waals surface area (Å²) in [5, 5.41) is 5.13. The molecular formula is C40H32N2. The number of aromatic nitrogens is 2. The average Bonchev–Trinajstić information content (AvgIpc) is 3.54. The summed E-state index contributed by atoms with van der Waals surface area (Å²) >= 11 is 0. The standard InChI is InChI=1S/C40H32N2/c1-40(2,3)29-24-28(25-31(26-29)42-38-18-10-6-14-34(38)35-15-7-11-19-39(35)42)27-20-22-30(23-21-27)41-36-16-8-4-12-32(36)33-13-5-9-17-37(33)41/h4-26H,1-3H3. The maximum absolute atomic E-state index is 2.43. The minimum Gasteiger partial charge on any atom is -0.309 e. The highest BCUT2D eigenvalue weighted by Crippen LogP contribution is 2.37. The zero-order valence-electron chi connectivity index (χ0n) is 24.2. The van der Waals surface area contributed by atoms with Gasteiger partial charge < -0.3 is 9.13 Å². The van der Waals surface area contributed by atoms with Crippen LogP contribution in [0.25, 0.3) is 66.1 Å². The van der Waals surface area contributed by atoms with E-state index in [1.54, 1.807) is 0 Å². The van der Waals surface area contributed by atoms with E-state index in [9.17, 15) is 0 Å². The first-order chi connectivity index (χ1) is 20.5. The Balaban J connectivity index is 1.31. The van der Waals surface area contributed by atoms with Crippen molar-refractivity contribution in [3.63, 3.8) is 0 Å². The lowest BCUT2D eigenvalue weighted by molar-refractivity contribution is 0.590. The lowest BCUT2D eigenvalue weighted by Crippen LogP contribution is -2.12. The molecule has 2 heteroatoms. The molecule has 2 aromatic heterocycles. The molecule has 0 saturated heterocycles. The van der Waals surface area contributed by atoms with E-state index in [1.807, 2.05) is 0 Å². The Morgan fingerprint density at radius 2 is 0.786 bits per heavy atom. The van der Waals surface area contributed by atoms with Crippen LogP contribution in [0.5, 0.6) is 0 Å². The van der Waals surface area contributed by atoms with Crippen molar-refractivity contribution in [3.8, 4) is 22.5 Å². The highest BCUT2D eigenvalue weighted by molar-refractivity contribution is 6.10. The van der Waals surface area contributed by atoms with E-state index < -0.39 is 0 Å². The van der Waals surface area contributed by atoms with E-state index in [-0.39, 0.29) is 5.41 Å². The van der Waals surface area contributed by atoms with Crippen molar-refractivity contribution >= 4 is 43.6 Å². The molecule has 0 bridgehead atoms. The van der Waals surface area contributed by atoms with Crippen molar-refractivity contribution < 1.29 is 0 Å². The fourth-order valence-electron chi connectivity index (χ4n) is 6.54. The number of benzene rings is 6. The second-order valence-corrected chi connectivity index (χ2v) is 12.3. The van der Waals surface area contributed by atoms with E-state index in [0.29, 0.717) is 0 Å². The molecule has 0 N–H and O–H groups in total. The first-order valence-electron chi connectivity index (χ1n) is 14.7. The van der Waals surface area contributed by atoms with Gasteiger partial charge >= 0.3 is 0 Å². The summed E-state index contributed by atoms with van der Waals surface area (Å²) in [6.45, 7) is 6.90. The summed E-state index contributed by atoms with van der Waals surface area (Å²) in [5.41, 5.74) is 11.1. The van der Waals surface area contributed by atoms with Crippen molar-refractivity contribution in [2.45, 2.75) is 26.2 Å². The van der Waals surface area contributed by atoms with Crippen molar-refractivity contribution in [3.05, 3.63) is 145 Å². The molecule has 8 aromatic rings. The Labute approximate surface area is 246 Å². The molecule has 6 aromatic carbocycles. The molecule has 0 fully saturated rings. The minimum absolute atomic E-state index is 0.00638. The van der Waals surface area contributed by atoms with E-state index in [1.165, 1.54) is 71.7 Å². The molecule has 0 atom stereocenters. The predicted molar refractivity (Wildman–Crippen MR) is 179 cm³/mol. The normalized spacial score (nSPS) is 12.2. The van der Waals surface area contributed by atoms with E-state index in [2.05, 4.69) is 169 Å². The average molecular weight is 541 g/mol. The molecule has 0 radical (unpaired) electrons. The van der Waals surface area contributed by atoms with Gasteiger partial charge in [-0.1, -0.05) is 112 Å². The summed E-state index contributed by atoms with van der Waals surface area (Å²) in [6.07, 6.45) is 0. The highest BCUT2D eigenvalue weighted by atomic mass is 15.0. The third-order valence-electron chi connectivity index (χ3n) is 8.66. The predicted octanol–water partition coefficient (Wildman–Crippen LogP) is 10.8. The molecule has 0 aliphatic carbocycles. The zero-order valence-corrected chi connectivity index (χ0v) is 24.2. The Kier molecular flexibility index (Phi) is 5.42. The van der Waals surface area contributed by atoms with Crippen molar-refractivity contribution in [1.82, 2.24) is 9.13 Å².